The third-order valence-electron chi connectivity index (χ3n) is 6.85. The quantitative estimate of drug-likeness (QED) is 0.517. The molecule has 0 saturated carbocycles. The van der Waals surface area contributed by atoms with Crippen molar-refractivity contribution >= 4 is 34.5 Å². The highest BCUT2D eigenvalue weighted by molar-refractivity contribution is 6.16. The Labute approximate surface area is 204 Å². The number of carbonyl (C=O) groups is 2. The summed E-state index contributed by atoms with van der Waals surface area (Å²) in [5.74, 6) is 1.31. The number of Topliss-reactive ketones (excluding diaryl/α,β-unsaturated/α-hetero) is 1. The monoisotopic (exact) mass is 474 g/mol. The van der Waals surface area contributed by atoms with Crippen LogP contribution >= 0.6 is 0 Å². The lowest BCUT2D eigenvalue weighted by Gasteiger charge is -2.16. The lowest BCUT2D eigenvalue weighted by Crippen LogP contribution is -2.24. The molecule has 0 spiro atoms. The van der Waals surface area contributed by atoms with Crippen LogP contribution in [0.15, 0.2) is 42.2 Å². The van der Waals surface area contributed by atoms with E-state index in [1.165, 1.54) is 19.9 Å². The van der Waals surface area contributed by atoms with E-state index in [-0.39, 0.29) is 17.6 Å². The van der Waals surface area contributed by atoms with Crippen LogP contribution in [-0.2, 0) is 6.54 Å². The molecule has 2 N–H and O–H groups in total. The summed E-state index contributed by atoms with van der Waals surface area (Å²) < 4.78 is 13.8. The van der Waals surface area contributed by atoms with Crippen molar-refractivity contribution in [2.75, 3.05) is 39.1 Å². The van der Waals surface area contributed by atoms with Gasteiger partial charge in [-0.15, -0.1) is 0 Å². The smallest absolute Gasteiger partial charge is 0.318 e. The second-order valence-electron chi connectivity index (χ2n) is 8.94. The van der Waals surface area contributed by atoms with Crippen LogP contribution in [0.25, 0.3) is 17.0 Å². The van der Waals surface area contributed by atoms with Gasteiger partial charge in [0, 0.05) is 48.0 Å². The number of benzene rings is 2. The Balaban J connectivity index is 1.50. The number of urea groups is 1. The highest BCUT2D eigenvalue weighted by atomic mass is 16.5. The van der Waals surface area contributed by atoms with Crippen LogP contribution in [0.3, 0.4) is 0 Å². The molecule has 0 atom stereocenters. The van der Waals surface area contributed by atoms with E-state index in [4.69, 9.17) is 9.47 Å². The highest BCUT2D eigenvalue weighted by Crippen LogP contribution is 2.36. The fourth-order valence-corrected chi connectivity index (χ4v) is 4.92. The Morgan fingerprint density at radius 1 is 1.14 bits per heavy atom. The van der Waals surface area contributed by atoms with E-state index in [2.05, 4.69) is 33.1 Å². The summed E-state index contributed by atoms with van der Waals surface area (Å²) in [6.45, 7) is 6.26. The zero-order valence-corrected chi connectivity index (χ0v) is 20.3. The first kappa shape index (κ1) is 23.0. The van der Waals surface area contributed by atoms with Gasteiger partial charge in [-0.25, -0.2) is 4.79 Å². The topological polar surface area (TPSA) is 84.8 Å². The molecule has 3 heterocycles. The minimum atomic E-state index is -0.349. The first-order valence-electron chi connectivity index (χ1n) is 11.9. The first-order chi connectivity index (χ1) is 17.0. The predicted octanol–water partition coefficient (Wildman–Crippen LogP) is 4.42. The van der Waals surface area contributed by atoms with E-state index >= 15 is 0 Å². The molecule has 35 heavy (non-hydrogen) atoms. The zero-order valence-electron chi connectivity index (χ0n) is 20.3. The molecule has 3 aromatic rings. The molecule has 2 aliphatic heterocycles. The Hall–Kier alpha value is -3.78. The van der Waals surface area contributed by atoms with E-state index in [1.807, 2.05) is 18.2 Å². The molecule has 2 amide bonds. The minimum absolute atomic E-state index is 0.208. The van der Waals surface area contributed by atoms with Crippen LogP contribution in [0.2, 0.25) is 0 Å². The van der Waals surface area contributed by atoms with Crippen molar-refractivity contribution in [3.05, 3.63) is 59.0 Å². The maximum Gasteiger partial charge on any atom is 0.318 e. The average Bonchev–Trinajstić information content (AvgIpc) is 3.56. The maximum absolute atomic E-state index is 13.2. The van der Waals surface area contributed by atoms with Crippen molar-refractivity contribution < 1.29 is 19.1 Å². The van der Waals surface area contributed by atoms with Gasteiger partial charge < -0.3 is 29.6 Å². The average molecular weight is 475 g/mol. The number of amides is 2. The molecule has 1 aromatic heterocycles. The Morgan fingerprint density at radius 2 is 1.94 bits per heavy atom. The standard InChI is InChI=1S/C27H30N4O4/c1-17-20(16-25-26(32)22-14-18(29-27(33)28-2)6-9-24(22)35-25)21-15-19(34-3)7-8-23(21)31(17)13-12-30-10-4-5-11-30/h6-9,14-16H,4-5,10-13H2,1-3H3,(H2,28,29,33). The number of methoxy groups -OCH3 is 1. The number of likely N-dealkylation sites (tertiary alicyclic amines) is 1. The molecule has 182 valence electrons. The molecule has 0 bridgehead atoms. The molecule has 1 fully saturated rings. The molecule has 0 radical (unpaired) electrons. The second kappa shape index (κ2) is 9.46. The lowest BCUT2D eigenvalue weighted by atomic mass is 10.1. The number of hydrogen-bond acceptors (Lipinski definition) is 5. The number of ketones is 1. The van der Waals surface area contributed by atoms with Gasteiger partial charge in [0.1, 0.15) is 11.5 Å². The van der Waals surface area contributed by atoms with E-state index in [0.717, 1.165) is 54.1 Å². The third-order valence-corrected chi connectivity index (χ3v) is 6.85. The molecule has 8 heteroatoms. The summed E-state index contributed by atoms with van der Waals surface area (Å²) in [7, 11) is 3.19. The molecular weight excluding hydrogens is 444 g/mol. The summed E-state index contributed by atoms with van der Waals surface area (Å²) in [6, 6.07) is 10.8. The molecular formula is C27H30N4O4. The zero-order chi connectivity index (χ0) is 24.5. The first-order valence-corrected chi connectivity index (χ1v) is 11.9. The van der Waals surface area contributed by atoms with Crippen molar-refractivity contribution in [1.29, 1.82) is 0 Å². The number of fused-ring (bicyclic) bond motifs is 2. The van der Waals surface area contributed by atoms with Gasteiger partial charge in [0.2, 0.25) is 5.78 Å². The highest BCUT2D eigenvalue weighted by Gasteiger charge is 2.29. The molecule has 0 aliphatic carbocycles. The number of rotatable bonds is 6. The largest absolute Gasteiger partial charge is 0.497 e. The predicted molar refractivity (Wildman–Crippen MR) is 136 cm³/mol. The summed E-state index contributed by atoms with van der Waals surface area (Å²) in [5.41, 5.74) is 4.09. The fourth-order valence-electron chi connectivity index (χ4n) is 4.92. The van der Waals surface area contributed by atoms with Crippen molar-refractivity contribution in [1.82, 2.24) is 14.8 Å². The molecule has 8 nitrogen and oxygen atoms in total. The van der Waals surface area contributed by atoms with E-state index in [9.17, 15) is 9.59 Å². The number of allylic oxidation sites excluding steroid dienone is 1. The summed E-state index contributed by atoms with van der Waals surface area (Å²) >= 11 is 0. The molecule has 2 aromatic carbocycles. The Morgan fingerprint density at radius 3 is 2.69 bits per heavy atom. The molecule has 1 saturated heterocycles. The lowest BCUT2D eigenvalue weighted by molar-refractivity contribution is 0.101. The van der Waals surface area contributed by atoms with Crippen LogP contribution in [0.4, 0.5) is 10.5 Å². The van der Waals surface area contributed by atoms with Gasteiger partial charge in [0.05, 0.1) is 12.7 Å². The van der Waals surface area contributed by atoms with Gasteiger partial charge in [-0.3, -0.25) is 4.79 Å². The summed E-state index contributed by atoms with van der Waals surface area (Å²) in [4.78, 5) is 27.4. The Bertz CT molecular complexity index is 1330. The number of carbonyl (C=O) groups excluding carboxylic acids is 2. The number of hydrogen-bond donors (Lipinski definition) is 2. The Kier molecular flexibility index (Phi) is 6.21. The van der Waals surface area contributed by atoms with Crippen LogP contribution in [0.5, 0.6) is 11.5 Å². The number of ether oxygens (including phenoxy) is 2. The molecule has 0 unspecified atom stereocenters. The number of nitrogens with one attached hydrogen (secondary N) is 2. The number of aromatic nitrogens is 1. The molecule has 2 aliphatic rings. The number of anilines is 1. The van der Waals surface area contributed by atoms with Crippen molar-refractivity contribution in [3.8, 4) is 11.5 Å². The molecule has 5 rings (SSSR count). The van der Waals surface area contributed by atoms with Crippen molar-refractivity contribution in [2.24, 2.45) is 0 Å². The van der Waals surface area contributed by atoms with Crippen LogP contribution in [0, 0.1) is 6.92 Å². The normalized spacial score (nSPS) is 16.5. The van der Waals surface area contributed by atoms with Gasteiger partial charge in [0.25, 0.3) is 0 Å². The SMILES string of the molecule is CNC(=O)Nc1ccc2c(c1)C(=O)C(=Cc1c(C)n(CCN3CCCC3)c3ccc(OC)cc13)O2. The second-order valence-corrected chi connectivity index (χ2v) is 8.94. The third kappa shape index (κ3) is 4.37. The summed E-state index contributed by atoms with van der Waals surface area (Å²) in [5, 5.41) is 6.22. The van der Waals surface area contributed by atoms with E-state index in [0.29, 0.717) is 17.0 Å². The fraction of sp³-hybridized carbons (Fsp3) is 0.333. The summed E-state index contributed by atoms with van der Waals surface area (Å²) in [6.07, 6.45) is 4.36. The van der Waals surface area contributed by atoms with Crippen molar-refractivity contribution in [3.63, 3.8) is 0 Å². The van der Waals surface area contributed by atoms with Crippen LogP contribution in [0.1, 0.15) is 34.5 Å². The van der Waals surface area contributed by atoms with Crippen molar-refractivity contribution in [2.45, 2.75) is 26.3 Å². The minimum Gasteiger partial charge on any atom is -0.497 e. The van der Waals surface area contributed by atoms with Crippen LogP contribution in [-0.4, -0.2) is 55.1 Å². The van der Waals surface area contributed by atoms with Crippen LogP contribution < -0.4 is 20.1 Å². The van der Waals surface area contributed by atoms with Gasteiger partial charge in [0.15, 0.2) is 5.76 Å². The van der Waals surface area contributed by atoms with Gasteiger partial charge >= 0.3 is 6.03 Å². The van der Waals surface area contributed by atoms with Gasteiger partial charge in [-0.05, 0) is 75.3 Å². The van der Waals surface area contributed by atoms with E-state index < -0.39 is 0 Å². The number of nitrogens with zero attached hydrogens (tertiary/aromatic N) is 2. The van der Waals surface area contributed by atoms with Gasteiger partial charge in [-0.1, -0.05) is 0 Å². The van der Waals surface area contributed by atoms with E-state index in [1.54, 1.807) is 25.3 Å². The maximum atomic E-state index is 13.2. The van der Waals surface area contributed by atoms with Gasteiger partial charge in [-0.2, -0.15) is 0 Å².